The van der Waals surface area contributed by atoms with Gasteiger partial charge in [0.25, 0.3) is 5.22 Å². The second-order valence-electron chi connectivity index (χ2n) is 7.23. The number of benzene rings is 2. The van der Waals surface area contributed by atoms with Crippen LogP contribution in [-0.4, -0.2) is 45.4 Å². The van der Waals surface area contributed by atoms with Gasteiger partial charge in [0, 0.05) is 47.2 Å². The van der Waals surface area contributed by atoms with Crippen LogP contribution in [0.2, 0.25) is 0 Å². The molecule has 31 heavy (non-hydrogen) atoms. The minimum Gasteiger partial charge on any atom is -0.497 e. The molecule has 0 bridgehead atoms. The van der Waals surface area contributed by atoms with Crippen LogP contribution in [0.4, 0.5) is 4.39 Å². The summed E-state index contributed by atoms with van der Waals surface area (Å²) in [5, 5.41) is 9.26. The highest BCUT2D eigenvalue weighted by Crippen LogP contribution is 2.29. The quantitative estimate of drug-likeness (QED) is 0.474. The standard InChI is InChI=1S/C22H19FN4O3S/c1-29-15-5-2-13(3-6-15)21-25-26-22(30-21)31-12-20(28)27-9-8-19-17(11-27)16-10-14(23)4-7-18(16)24-19/h2-7,10,24H,8-9,11-12H2,1H3. The van der Waals surface area contributed by atoms with Crippen LogP contribution < -0.4 is 4.74 Å². The SMILES string of the molecule is COc1ccc(-c2nnc(SCC(=O)N3CCc4[nH]c5ccc(F)cc5c4C3)o2)cc1. The number of aromatic amines is 1. The fourth-order valence-electron chi connectivity index (χ4n) is 3.73. The number of carbonyl (C=O) groups excluding carboxylic acids is 1. The summed E-state index contributed by atoms with van der Waals surface area (Å²) in [6.45, 7) is 1.07. The van der Waals surface area contributed by atoms with E-state index in [4.69, 9.17) is 9.15 Å². The van der Waals surface area contributed by atoms with Gasteiger partial charge >= 0.3 is 0 Å². The van der Waals surface area contributed by atoms with E-state index in [0.717, 1.165) is 33.5 Å². The van der Waals surface area contributed by atoms with Crippen molar-refractivity contribution >= 4 is 28.6 Å². The fraction of sp³-hybridized carbons (Fsp3) is 0.227. The Kier molecular flexibility index (Phi) is 5.11. The third-order valence-electron chi connectivity index (χ3n) is 5.35. The van der Waals surface area contributed by atoms with Gasteiger partial charge in [0.2, 0.25) is 11.8 Å². The molecule has 5 rings (SSSR count). The normalized spacial score (nSPS) is 13.4. The molecule has 0 radical (unpaired) electrons. The van der Waals surface area contributed by atoms with Gasteiger partial charge in [-0.2, -0.15) is 0 Å². The average Bonchev–Trinajstić information content (AvgIpc) is 3.41. The Morgan fingerprint density at radius 3 is 2.90 bits per heavy atom. The smallest absolute Gasteiger partial charge is 0.277 e. The predicted octanol–water partition coefficient (Wildman–Crippen LogP) is 4.04. The zero-order valence-electron chi connectivity index (χ0n) is 16.7. The van der Waals surface area contributed by atoms with Gasteiger partial charge < -0.3 is 19.0 Å². The lowest BCUT2D eigenvalue weighted by Gasteiger charge is -2.27. The number of aromatic nitrogens is 3. The van der Waals surface area contributed by atoms with Crippen molar-refractivity contribution in [1.82, 2.24) is 20.1 Å². The van der Waals surface area contributed by atoms with Crippen molar-refractivity contribution in [2.75, 3.05) is 19.4 Å². The van der Waals surface area contributed by atoms with Gasteiger partial charge in [-0.05, 0) is 42.5 Å². The minimum absolute atomic E-state index is 0.0226. The molecule has 0 spiro atoms. The topological polar surface area (TPSA) is 84.3 Å². The van der Waals surface area contributed by atoms with Crippen molar-refractivity contribution in [2.45, 2.75) is 18.2 Å². The molecule has 1 aliphatic rings. The van der Waals surface area contributed by atoms with Crippen LogP contribution in [0.5, 0.6) is 5.75 Å². The van der Waals surface area contributed by atoms with Crippen LogP contribution in [0.25, 0.3) is 22.4 Å². The van der Waals surface area contributed by atoms with E-state index in [9.17, 15) is 9.18 Å². The molecule has 9 heteroatoms. The second-order valence-corrected chi connectivity index (χ2v) is 8.15. The van der Waals surface area contributed by atoms with E-state index in [1.54, 1.807) is 18.1 Å². The van der Waals surface area contributed by atoms with Crippen molar-refractivity contribution in [1.29, 1.82) is 0 Å². The van der Waals surface area contributed by atoms with Crippen molar-refractivity contribution in [3.63, 3.8) is 0 Å². The van der Waals surface area contributed by atoms with Gasteiger partial charge in [-0.1, -0.05) is 11.8 Å². The number of thioether (sulfide) groups is 1. The zero-order valence-corrected chi connectivity index (χ0v) is 17.5. The molecule has 158 valence electrons. The summed E-state index contributed by atoms with van der Waals surface area (Å²) >= 11 is 1.21. The summed E-state index contributed by atoms with van der Waals surface area (Å²) in [6, 6.07) is 12.0. The van der Waals surface area contributed by atoms with E-state index in [0.29, 0.717) is 30.6 Å². The van der Waals surface area contributed by atoms with E-state index < -0.39 is 0 Å². The summed E-state index contributed by atoms with van der Waals surface area (Å²) in [6.07, 6.45) is 0.713. The van der Waals surface area contributed by atoms with Gasteiger partial charge in [0.1, 0.15) is 11.6 Å². The Hall–Kier alpha value is -3.33. The Bertz CT molecular complexity index is 1250. The molecule has 2 aromatic carbocycles. The number of fused-ring (bicyclic) bond motifs is 3. The zero-order chi connectivity index (χ0) is 21.4. The lowest BCUT2D eigenvalue weighted by Crippen LogP contribution is -2.36. The molecule has 2 aromatic heterocycles. The lowest BCUT2D eigenvalue weighted by atomic mass is 10.0. The maximum absolute atomic E-state index is 13.7. The number of rotatable bonds is 5. The molecule has 1 aliphatic heterocycles. The minimum atomic E-state index is -0.280. The number of halogens is 1. The maximum atomic E-state index is 13.7. The van der Waals surface area contributed by atoms with E-state index >= 15 is 0 Å². The highest BCUT2D eigenvalue weighted by atomic mass is 32.2. The number of nitrogens with zero attached hydrogens (tertiary/aromatic N) is 3. The molecule has 0 saturated carbocycles. The lowest BCUT2D eigenvalue weighted by molar-refractivity contribution is -0.129. The number of carbonyl (C=O) groups is 1. The van der Waals surface area contributed by atoms with Gasteiger partial charge in [-0.15, -0.1) is 10.2 Å². The van der Waals surface area contributed by atoms with E-state index in [2.05, 4.69) is 15.2 Å². The first-order chi connectivity index (χ1) is 15.1. The molecule has 0 saturated heterocycles. The molecule has 0 unspecified atom stereocenters. The highest BCUT2D eigenvalue weighted by Gasteiger charge is 2.24. The summed E-state index contributed by atoms with van der Waals surface area (Å²) < 4.78 is 24.5. The number of hydrogen-bond donors (Lipinski definition) is 1. The van der Waals surface area contributed by atoms with Crippen LogP contribution in [-0.2, 0) is 17.8 Å². The summed E-state index contributed by atoms with van der Waals surface area (Å²) in [5.74, 6) is 1.02. The number of methoxy groups -OCH3 is 1. The van der Waals surface area contributed by atoms with Crippen molar-refractivity contribution in [3.8, 4) is 17.2 Å². The van der Waals surface area contributed by atoms with Crippen molar-refractivity contribution in [3.05, 3.63) is 59.5 Å². The summed E-state index contributed by atoms with van der Waals surface area (Å²) in [4.78, 5) is 17.9. The van der Waals surface area contributed by atoms with Gasteiger partial charge in [0.05, 0.1) is 12.9 Å². The molecular weight excluding hydrogens is 419 g/mol. The molecule has 0 atom stereocenters. The number of nitrogens with one attached hydrogen (secondary N) is 1. The third-order valence-corrected chi connectivity index (χ3v) is 6.16. The van der Waals surface area contributed by atoms with Gasteiger partial charge in [0.15, 0.2) is 0 Å². The van der Waals surface area contributed by atoms with E-state index in [1.165, 1.54) is 23.9 Å². The molecule has 0 fully saturated rings. The number of amides is 1. The fourth-order valence-corrected chi connectivity index (χ4v) is 4.40. The second kappa shape index (κ2) is 8.07. The van der Waals surface area contributed by atoms with Gasteiger partial charge in [-0.25, -0.2) is 4.39 Å². The van der Waals surface area contributed by atoms with Crippen LogP contribution in [0.3, 0.4) is 0 Å². The van der Waals surface area contributed by atoms with Crippen LogP contribution in [0, 0.1) is 5.82 Å². The molecule has 0 aliphatic carbocycles. The number of ether oxygens (including phenoxy) is 1. The maximum Gasteiger partial charge on any atom is 0.277 e. The van der Waals surface area contributed by atoms with Gasteiger partial charge in [-0.3, -0.25) is 4.79 Å². The Labute approximate surface area is 181 Å². The molecule has 3 heterocycles. The van der Waals surface area contributed by atoms with E-state index in [-0.39, 0.29) is 17.5 Å². The summed E-state index contributed by atoms with van der Waals surface area (Å²) in [7, 11) is 1.60. The van der Waals surface area contributed by atoms with Crippen LogP contribution in [0.1, 0.15) is 11.3 Å². The highest BCUT2D eigenvalue weighted by molar-refractivity contribution is 7.99. The van der Waals surface area contributed by atoms with Crippen LogP contribution >= 0.6 is 11.8 Å². The molecule has 1 N–H and O–H groups in total. The monoisotopic (exact) mass is 438 g/mol. The largest absolute Gasteiger partial charge is 0.497 e. The Morgan fingerprint density at radius 2 is 2.10 bits per heavy atom. The molecular formula is C22H19FN4O3S. The van der Waals surface area contributed by atoms with Crippen LogP contribution in [0.15, 0.2) is 52.1 Å². The average molecular weight is 438 g/mol. The molecule has 4 aromatic rings. The predicted molar refractivity (Wildman–Crippen MR) is 114 cm³/mol. The first kappa shape index (κ1) is 19.6. The molecule has 7 nitrogen and oxygen atoms in total. The van der Waals surface area contributed by atoms with Crippen molar-refractivity contribution < 1.29 is 18.3 Å². The summed E-state index contributed by atoms with van der Waals surface area (Å²) in [5.41, 5.74) is 3.73. The Morgan fingerprint density at radius 1 is 1.26 bits per heavy atom. The number of H-pyrrole nitrogens is 1. The Balaban J connectivity index is 1.24. The van der Waals surface area contributed by atoms with E-state index in [1.807, 2.05) is 24.3 Å². The first-order valence-electron chi connectivity index (χ1n) is 9.78. The molecule has 1 amide bonds. The number of hydrogen-bond acceptors (Lipinski definition) is 6. The van der Waals surface area contributed by atoms with Crippen molar-refractivity contribution in [2.24, 2.45) is 0 Å². The third kappa shape index (κ3) is 3.88. The first-order valence-corrected chi connectivity index (χ1v) is 10.8.